The van der Waals surface area contributed by atoms with Crippen LogP contribution in [-0.4, -0.2) is 15.5 Å². The van der Waals surface area contributed by atoms with E-state index < -0.39 is 0 Å². The summed E-state index contributed by atoms with van der Waals surface area (Å²) < 4.78 is 2.21. The van der Waals surface area contributed by atoms with Crippen molar-refractivity contribution >= 4 is 16.9 Å². The van der Waals surface area contributed by atoms with Crippen molar-refractivity contribution in [1.82, 2.24) is 14.9 Å². The SMILES string of the molecule is CCCC(=O)NCc1nc2ccccc2n1CC(C)C. The normalized spacial score (nSPS) is 11.2. The van der Waals surface area contributed by atoms with Gasteiger partial charge in [0.15, 0.2) is 0 Å². The van der Waals surface area contributed by atoms with Crippen molar-refractivity contribution in [3.8, 4) is 0 Å². The number of para-hydroxylation sites is 2. The predicted octanol–water partition coefficient (Wildman–Crippen LogP) is 3.11. The van der Waals surface area contributed by atoms with E-state index in [1.54, 1.807) is 0 Å². The number of hydrogen-bond donors (Lipinski definition) is 1. The lowest BCUT2D eigenvalue weighted by molar-refractivity contribution is -0.121. The van der Waals surface area contributed by atoms with Gasteiger partial charge in [0, 0.05) is 13.0 Å². The van der Waals surface area contributed by atoms with E-state index in [1.807, 2.05) is 25.1 Å². The summed E-state index contributed by atoms with van der Waals surface area (Å²) in [6, 6.07) is 8.13. The number of imidazole rings is 1. The minimum absolute atomic E-state index is 0.0932. The van der Waals surface area contributed by atoms with Gasteiger partial charge in [-0.15, -0.1) is 0 Å². The van der Waals surface area contributed by atoms with E-state index in [0.717, 1.165) is 29.8 Å². The first-order chi connectivity index (χ1) is 9.61. The van der Waals surface area contributed by atoms with Gasteiger partial charge in [-0.25, -0.2) is 4.98 Å². The molecule has 4 heteroatoms. The van der Waals surface area contributed by atoms with Gasteiger partial charge in [0.1, 0.15) is 5.82 Å². The Balaban J connectivity index is 2.24. The number of carbonyl (C=O) groups excluding carboxylic acids is 1. The van der Waals surface area contributed by atoms with Crippen molar-refractivity contribution in [3.05, 3.63) is 30.1 Å². The largest absolute Gasteiger partial charge is 0.349 e. The number of aromatic nitrogens is 2. The molecule has 2 rings (SSSR count). The highest BCUT2D eigenvalue weighted by atomic mass is 16.1. The molecule has 2 aromatic rings. The Morgan fingerprint density at radius 3 is 2.80 bits per heavy atom. The van der Waals surface area contributed by atoms with E-state index in [2.05, 4.69) is 34.8 Å². The van der Waals surface area contributed by atoms with E-state index in [-0.39, 0.29) is 5.91 Å². The summed E-state index contributed by atoms with van der Waals surface area (Å²) >= 11 is 0. The standard InChI is InChI=1S/C16H23N3O/c1-4-7-16(20)17-10-15-18-13-8-5-6-9-14(13)19(15)11-12(2)3/h5-6,8-9,12H,4,7,10-11H2,1-3H3,(H,17,20). The lowest BCUT2D eigenvalue weighted by Crippen LogP contribution is -2.24. The second-order valence-corrected chi connectivity index (χ2v) is 5.55. The maximum Gasteiger partial charge on any atom is 0.220 e. The van der Waals surface area contributed by atoms with E-state index in [9.17, 15) is 4.79 Å². The molecule has 0 spiro atoms. The molecule has 0 saturated heterocycles. The highest BCUT2D eigenvalue weighted by molar-refractivity contribution is 5.77. The molecule has 0 aliphatic rings. The number of nitrogens with zero attached hydrogens (tertiary/aromatic N) is 2. The molecule has 108 valence electrons. The Kier molecular flexibility index (Phi) is 4.77. The first-order valence-electron chi connectivity index (χ1n) is 7.32. The molecular weight excluding hydrogens is 250 g/mol. The number of rotatable bonds is 6. The van der Waals surface area contributed by atoms with Crippen LogP contribution in [0.25, 0.3) is 11.0 Å². The van der Waals surface area contributed by atoms with Gasteiger partial charge in [0.2, 0.25) is 5.91 Å². The van der Waals surface area contributed by atoms with E-state index in [1.165, 1.54) is 0 Å². The van der Waals surface area contributed by atoms with Gasteiger partial charge < -0.3 is 9.88 Å². The van der Waals surface area contributed by atoms with Gasteiger partial charge in [-0.2, -0.15) is 0 Å². The summed E-state index contributed by atoms with van der Waals surface area (Å²) in [6.45, 7) is 7.80. The zero-order chi connectivity index (χ0) is 14.5. The number of amides is 1. The minimum atomic E-state index is 0.0932. The molecule has 1 aromatic carbocycles. The van der Waals surface area contributed by atoms with Crippen molar-refractivity contribution in [2.45, 2.75) is 46.7 Å². The third-order valence-electron chi connectivity index (χ3n) is 3.20. The molecule has 1 amide bonds. The molecule has 0 bridgehead atoms. The fraction of sp³-hybridized carbons (Fsp3) is 0.500. The molecule has 0 unspecified atom stereocenters. The summed E-state index contributed by atoms with van der Waals surface area (Å²) in [4.78, 5) is 16.3. The van der Waals surface area contributed by atoms with Crippen LogP contribution >= 0.6 is 0 Å². The van der Waals surface area contributed by atoms with E-state index in [0.29, 0.717) is 18.9 Å². The fourth-order valence-electron chi connectivity index (χ4n) is 2.32. The summed E-state index contributed by atoms with van der Waals surface area (Å²) in [5.74, 6) is 1.57. The van der Waals surface area contributed by atoms with Crippen LogP contribution in [-0.2, 0) is 17.9 Å². The number of carbonyl (C=O) groups is 1. The van der Waals surface area contributed by atoms with Crippen LogP contribution in [0.5, 0.6) is 0 Å². The van der Waals surface area contributed by atoms with Gasteiger partial charge in [-0.05, 0) is 24.5 Å². The van der Waals surface area contributed by atoms with Gasteiger partial charge in [-0.3, -0.25) is 4.79 Å². The first-order valence-corrected chi connectivity index (χ1v) is 7.32. The zero-order valence-corrected chi connectivity index (χ0v) is 12.5. The summed E-state index contributed by atoms with van der Waals surface area (Å²) in [7, 11) is 0. The number of nitrogens with one attached hydrogen (secondary N) is 1. The van der Waals surface area contributed by atoms with Crippen molar-refractivity contribution in [2.75, 3.05) is 0 Å². The van der Waals surface area contributed by atoms with Crippen molar-refractivity contribution in [2.24, 2.45) is 5.92 Å². The van der Waals surface area contributed by atoms with Crippen LogP contribution in [0.2, 0.25) is 0 Å². The lowest BCUT2D eigenvalue weighted by Gasteiger charge is -2.12. The number of fused-ring (bicyclic) bond motifs is 1. The Morgan fingerprint density at radius 2 is 2.10 bits per heavy atom. The second kappa shape index (κ2) is 6.55. The quantitative estimate of drug-likeness (QED) is 0.879. The molecule has 1 N–H and O–H groups in total. The number of hydrogen-bond acceptors (Lipinski definition) is 2. The zero-order valence-electron chi connectivity index (χ0n) is 12.5. The van der Waals surface area contributed by atoms with Gasteiger partial charge >= 0.3 is 0 Å². The van der Waals surface area contributed by atoms with Crippen LogP contribution in [0.1, 0.15) is 39.4 Å². The molecule has 0 aliphatic heterocycles. The highest BCUT2D eigenvalue weighted by Gasteiger charge is 2.12. The molecule has 0 radical (unpaired) electrons. The smallest absolute Gasteiger partial charge is 0.220 e. The Morgan fingerprint density at radius 1 is 1.35 bits per heavy atom. The topological polar surface area (TPSA) is 46.9 Å². The average Bonchev–Trinajstić information content (AvgIpc) is 2.75. The third-order valence-corrected chi connectivity index (χ3v) is 3.20. The molecule has 0 fully saturated rings. The molecule has 1 aromatic heterocycles. The molecule has 1 heterocycles. The van der Waals surface area contributed by atoms with Crippen molar-refractivity contribution in [1.29, 1.82) is 0 Å². The monoisotopic (exact) mass is 273 g/mol. The van der Waals surface area contributed by atoms with Crippen LogP contribution in [0, 0.1) is 5.92 Å². The predicted molar refractivity (Wildman–Crippen MR) is 81.3 cm³/mol. The maximum atomic E-state index is 11.6. The van der Waals surface area contributed by atoms with Gasteiger partial charge in [0.25, 0.3) is 0 Å². The lowest BCUT2D eigenvalue weighted by atomic mass is 10.2. The second-order valence-electron chi connectivity index (χ2n) is 5.55. The van der Waals surface area contributed by atoms with Gasteiger partial charge in [0.05, 0.1) is 17.6 Å². The molecule has 0 saturated carbocycles. The van der Waals surface area contributed by atoms with E-state index >= 15 is 0 Å². The molecule has 4 nitrogen and oxygen atoms in total. The fourth-order valence-corrected chi connectivity index (χ4v) is 2.32. The van der Waals surface area contributed by atoms with E-state index in [4.69, 9.17) is 0 Å². The van der Waals surface area contributed by atoms with Crippen LogP contribution in [0.3, 0.4) is 0 Å². The summed E-state index contributed by atoms with van der Waals surface area (Å²) in [6.07, 6.45) is 1.44. The first kappa shape index (κ1) is 14.6. The summed E-state index contributed by atoms with van der Waals surface area (Å²) in [5.41, 5.74) is 2.13. The van der Waals surface area contributed by atoms with Crippen molar-refractivity contribution in [3.63, 3.8) is 0 Å². The highest BCUT2D eigenvalue weighted by Crippen LogP contribution is 2.17. The number of benzene rings is 1. The Hall–Kier alpha value is -1.84. The molecule has 0 atom stereocenters. The third kappa shape index (κ3) is 3.38. The molecule has 0 aliphatic carbocycles. The van der Waals surface area contributed by atoms with Gasteiger partial charge in [-0.1, -0.05) is 32.9 Å². The molecular formula is C16H23N3O. The molecule has 20 heavy (non-hydrogen) atoms. The van der Waals surface area contributed by atoms with Crippen molar-refractivity contribution < 1.29 is 4.79 Å². The minimum Gasteiger partial charge on any atom is -0.349 e. The maximum absolute atomic E-state index is 11.6. The van der Waals surface area contributed by atoms with Crippen LogP contribution < -0.4 is 5.32 Å². The van der Waals surface area contributed by atoms with Crippen LogP contribution in [0.15, 0.2) is 24.3 Å². The summed E-state index contributed by atoms with van der Waals surface area (Å²) in [5, 5.41) is 2.95. The Labute approximate surface area is 120 Å². The Bertz CT molecular complexity index is 586. The average molecular weight is 273 g/mol. The van der Waals surface area contributed by atoms with Crippen LogP contribution in [0.4, 0.5) is 0 Å².